The quantitative estimate of drug-likeness (QED) is 0.844. The fraction of sp³-hybridized carbons (Fsp3) is 0.588. The van der Waals surface area contributed by atoms with Crippen molar-refractivity contribution in [1.82, 2.24) is 5.32 Å². The van der Waals surface area contributed by atoms with E-state index in [1.54, 1.807) is 0 Å². The first-order chi connectivity index (χ1) is 10.1. The van der Waals surface area contributed by atoms with E-state index in [-0.39, 0.29) is 5.91 Å². The van der Waals surface area contributed by atoms with Gasteiger partial charge in [-0.15, -0.1) is 0 Å². The SMILES string of the molecule is NC(=O)C1(NC2CCCCCC2)Cc2ccc(Cl)cc2C1. The van der Waals surface area contributed by atoms with Gasteiger partial charge in [-0.25, -0.2) is 0 Å². The molecule has 0 aliphatic heterocycles. The molecule has 0 saturated heterocycles. The lowest BCUT2D eigenvalue weighted by atomic mass is 9.92. The van der Waals surface area contributed by atoms with Crippen LogP contribution < -0.4 is 11.1 Å². The van der Waals surface area contributed by atoms with Crippen molar-refractivity contribution in [1.29, 1.82) is 0 Å². The van der Waals surface area contributed by atoms with Crippen LogP contribution in [0, 0.1) is 0 Å². The number of fused-ring (bicyclic) bond motifs is 1. The first-order valence-corrected chi connectivity index (χ1v) is 8.32. The smallest absolute Gasteiger partial charge is 0.238 e. The molecule has 0 bridgehead atoms. The molecule has 1 amide bonds. The lowest BCUT2D eigenvalue weighted by Crippen LogP contribution is -2.59. The van der Waals surface area contributed by atoms with Gasteiger partial charge in [-0.1, -0.05) is 43.4 Å². The van der Waals surface area contributed by atoms with E-state index in [0.717, 1.165) is 23.4 Å². The summed E-state index contributed by atoms with van der Waals surface area (Å²) < 4.78 is 0. The van der Waals surface area contributed by atoms with Crippen LogP contribution in [0.2, 0.25) is 5.02 Å². The molecule has 1 saturated carbocycles. The molecule has 0 heterocycles. The van der Waals surface area contributed by atoms with Gasteiger partial charge in [-0.3, -0.25) is 10.1 Å². The maximum absolute atomic E-state index is 12.2. The van der Waals surface area contributed by atoms with Crippen molar-refractivity contribution in [2.45, 2.75) is 62.9 Å². The summed E-state index contributed by atoms with van der Waals surface area (Å²) in [6, 6.07) is 6.29. The van der Waals surface area contributed by atoms with E-state index in [9.17, 15) is 4.79 Å². The summed E-state index contributed by atoms with van der Waals surface area (Å²) in [6.45, 7) is 0. The highest BCUT2D eigenvalue weighted by atomic mass is 35.5. The van der Waals surface area contributed by atoms with Gasteiger partial charge in [0.05, 0.1) is 0 Å². The van der Waals surface area contributed by atoms with Crippen LogP contribution in [0.25, 0.3) is 0 Å². The van der Waals surface area contributed by atoms with E-state index in [4.69, 9.17) is 17.3 Å². The van der Waals surface area contributed by atoms with Crippen molar-refractivity contribution in [3.05, 3.63) is 34.3 Å². The summed E-state index contributed by atoms with van der Waals surface area (Å²) in [6.07, 6.45) is 8.73. The van der Waals surface area contributed by atoms with Crippen molar-refractivity contribution in [3.8, 4) is 0 Å². The molecule has 2 aliphatic carbocycles. The van der Waals surface area contributed by atoms with Crippen LogP contribution in [0.4, 0.5) is 0 Å². The minimum absolute atomic E-state index is 0.237. The van der Waals surface area contributed by atoms with Crippen LogP contribution in [0.3, 0.4) is 0 Å². The third-order valence-electron chi connectivity index (χ3n) is 4.96. The topological polar surface area (TPSA) is 55.1 Å². The van der Waals surface area contributed by atoms with Crippen molar-refractivity contribution in [3.63, 3.8) is 0 Å². The second kappa shape index (κ2) is 5.98. The third-order valence-corrected chi connectivity index (χ3v) is 5.20. The van der Waals surface area contributed by atoms with Gasteiger partial charge in [-0.2, -0.15) is 0 Å². The maximum atomic E-state index is 12.2. The van der Waals surface area contributed by atoms with Gasteiger partial charge >= 0.3 is 0 Å². The van der Waals surface area contributed by atoms with E-state index in [1.165, 1.54) is 31.2 Å². The van der Waals surface area contributed by atoms with Crippen molar-refractivity contribution >= 4 is 17.5 Å². The molecular weight excluding hydrogens is 284 g/mol. The van der Waals surface area contributed by atoms with Crippen LogP contribution in [0.5, 0.6) is 0 Å². The first kappa shape index (κ1) is 14.9. The standard InChI is InChI=1S/C17H23ClN2O/c18-14-8-7-12-10-17(16(19)21,11-13(12)9-14)20-15-5-3-1-2-4-6-15/h7-9,15,20H,1-6,10-11H2,(H2,19,21). The number of carbonyl (C=O) groups is 1. The predicted octanol–water partition coefficient (Wildman–Crippen LogP) is 2.98. The summed E-state index contributed by atoms with van der Waals surface area (Å²) >= 11 is 6.07. The summed E-state index contributed by atoms with van der Waals surface area (Å²) in [5.74, 6) is -0.237. The number of nitrogens with two attached hydrogens (primary N) is 1. The van der Waals surface area contributed by atoms with Gasteiger partial charge in [0.2, 0.25) is 5.91 Å². The molecule has 2 aliphatic rings. The lowest BCUT2D eigenvalue weighted by Gasteiger charge is -2.32. The number of halogens is 1. The van der Waals surface area contributed by atoms with Gasteiger partial charge in [0.15, 0.2) is 0 Å². The van der Waals surface area contributed by atoms with Gasteiger partial charge in [-0.05, 0) is 36.1 Å². The molecule has 3 nitrogen and oxygen atoms in total. The molecule has 1 aromatic carbocycles. The van der Waals surface area contributed by atoms with Crippen molar-refractivity contribution < 1.29 is 4.79 Å². The Morgan fingerprint density at radius 3 is 2.48 bits per heavy atom. The number of nitrogens with one attached hydrogen (secondary N) is 1. The highest BCUT2D eigenvalue weighted by Gasteiger charge is 2.43. The Balaban J connectivity index is 1.80. The highest BCUT2D eigenvalue weighted by molar-refractivity contribution is 6.30. The van der Waals surface area contributed by atoms with E-state index < -0.39 is 5.54 Å². The molecule has 1 fully saturated rings. The summed E-state index contributed by atoms with van der Waals surface area (Å²) in [7, 11) is 0. The number of amides is 1. The largest absolute Gasteiger partial charge is 0.368 e. The van der Waals surface area contributed by atoms with E-state index in [2.05, 4.69) is 5.32 Å². The summed E-state index contributed by atoms with van der Waals surface area (Å²) in [4.78, 5) is 12.2. The van der Waals surface area contributed by atoms with Crippen LogP contribution in [-0.2, 0) is 17.6 Å². The molecule has 0 radical (unpaired) electrons. The molecule has 3 N–H and O–H groups in total. The zero-order chi connectivity index (χ0) is 14.9. The molecule has 0 spiro atoms. The monoisotopic (exact) mass is 306 g/mol. The Morgan fingerprint density at radius 2 is 1.81 bits per heavy atom. The Hall–Kier alpha value is -1.06. The Kier molecular flexibility index (Phi) is 4.23. The number of benzene rings is 1. The van der Waals surface area contributed by atoms with Gasteiger partial charge in [0, 0.05) is 23.9 Å². The fourth-order valence-corrected chi connectivity index (χ4v) is 4.00. The Labute approximate surface area is 131 Å². The van der Waals surface area contributed by atoms with Crippen LogP contribution in [0.15, 0.2) is 18.2 Å². The second-order valence-electron chi connectivity index (χ2n) is 6.55. The molecular formula is C17H23ClN2O. The summed E-state index contributed by atoms with van der Waals surface area (Å²) in [5, 5.41) is 4.34. The van der Waals surface area contributed by atoms with Crippen LogP contribution in [-0.4, -0.2) is 17.5 Å². The van der Waals surface area contributed by atoms with Crippen molar-refractivity contribution in [2.24, 2.45) is 5.73 Å². The maximum Gasteiger partial charge on any atom is 0.238 e. The molecule has 1 unspecified atom stereocenters. The number of hydrogen-bond acceptors (Lipinski definition) is 2. The molecule has 4 heteroatoms. The number of primary amides is 1. The van der Waals surface area contributed by atoms with E-state index >= 15 is 0 Å². The van der Waals surface area contributed by atoms with Crippen LogP contribution >= 0.6 is 11.6 Å². The molecule has 21 heavy (non-hydrogen) atoms. The predicted molar refractivity (Wildman–Crippen MR) is 85.4 cm³/mol. The Morgan fingerprint density at radius 1 is 1.14 bits per heavy atom. The number of hydrogen-bond donors (Lipinski definition) is 2. The number of carbonyl (C=O) groups excluding carboxylic acids is 1. The zero-order valence-electron chi connectivity index (χ0n) is 12.3. The van der Waals surface area contributed by atoms with Crippen LogP contribution in [0.1, 0.15) is 49.7 Å². The fourth-order valence-electron chi connectivity index (χ4n) is 3.81. The van der Waals surface area contributed by atoms with E-state index in [0.29, 0.717) is 18.9 Å². The van der Waals surface area contributed by atoms with Gasteiger partial charge < -0.3 is 5.73 Å². The second-order valence-corrected chi connectivity index (χ2v) is 6.98. The van der Waals surface area contributed by atoms with Crippen molar-refractivity contribution in [2.75, 3.05) is 0 Å². The highest BCUT2D eigenvalue weighted by Crippen LogP contribution is 2.33. The average molecular weight is 307 g/mol. The van der Waals surface area contributed by atoms with Gasteiger partial charge in [0.25, 0.3) is 0 Å². The first-order valence-electron chi connectivity index (χ1n) is 7.94. The number of rotatable bonds is 3. The Bertz CT molecular complexity index is 538. The molecule has 1 aromatic rings. The zero-order valence-corrected chi connectivity index (χ0v) is 13.1. The minimum atomic E-state index is -0.623. The average Bonchev–Trinajstić information content (AvgIpc) is 2.62. The van der Waals surface area contributed by atoms with Gasteiger partial charge in [0.1, 0.15) is 5.54 Å². The summed E-state index contributed by atoms with van der Waals surface area (Å²) in [5.41, 5.74) is 7.50. The molecule has 1 atom stereocenters. The molecule has 3 rings (SSSR count). The molecule has 114 valence electrons. The minimum Gasteiger partial charge on any atom is -0.368 e. The molecule has 0 aromatic heterocycles. The lowest BCUT2D eigenvalue weighted by molar-refractivity contribution is -0.124. The third kappa shape index (κ3) is 3.09. The van der Waals surface area contributed by atoms with E-state index in [1.807, 2.05) is 18.2 Å². The normalized spacial score (nSPS) is 26.3.